The number of anilines is 1. The predicted molar refractivity (Wildman–Crippen MR) is 100 cm³/mol. The van der Waals surface area contributed by atoms with E-state index in [4.69, 9.17) is 4.74 Å². The van der Waals surface area contributed by atoms with E-state index in [1.54, 1.807) is 19.4 Å². The Hall–Kier alpha value is -3.40. The van der Waals surface area contributed by atoms with Crippen molar-refractivity contribution in [2.75, 3.05) is 12.4 Å². The highest BCUT2D eigenvalue weighted by molar-refractivity contribution is 6.15. The van der Waals surface area contributed by atoms with Crippen molar-refractivity contribution >= 4 is 33.3 Å². The van der Waals surface area contributed by atoms with E-state index in [1.165, 1.54) is 0 Å². The largest absolute Gasteiger partial charge is 0.497 e. The molecule has 1 aromatic heterocycles. The minimum atomic E-state index is -0.169. The Labute approximate surface area is 145 Å². The molecule has 0 spiro atoms. The average Bonchev–Trinajstić information content (AvgIpc) is 2.67. The van der Waals surface area contributed by atoms with Gasteiger partial charge in [0.25, 0.3) is 5.91 Å². The Morgan fingerprint density at radius 3 is 2.64 bits per heavy atom. The standard InChI is InChI=1S/C21H16N2O2/c1-25-16-12-15-8-5-11-22-20(15)19(13-16)23-21(24)18-10-4-7-14-6-2-3-9-17(14)18/h2-13H,1H3,(H,23,24). The van der Waals surface area contributed by atoms with Gasteiger partial charge in [-0.3, -0.25) is 9.78 Å². The quantitative estimate of drug-likeness (QED) is 0.595. The van der Waals surface area contributed by atoms with Gasteiger partial charge in [-0.15, -0.1) is 0 Å². The van der Waals surface area contributed by atoms with Crippen LogP contribution in [0.2, 0.25) is 0 Å². The average molecular weight is 328 g/mol. The number of ether oxygens (including phenoxy) is 1. The van der Waals surface area contributed by atoms with Gasteiger partial charge < -0.3 is 10.1 Å². The number of hydrogen-bond donors (Lipinski definition) is 1. The van der Waals surface area contributed by atoms with Gasteiger partial charge in [0, 0.05) is 23.2 Å². The SMILES string of the molecule is COc1cc(NC(=O)c2cccc3ccccc23)c2ncccc2c1. The van der Waals surface area contributed by atoms with Crippen LogP contribution in [0.25, 0.3) is 21.7 Å². The van der Waals surface area contributed by atoms with Crippen molar-refractivity contribution in [1.29, 1.82) is 0 Å². The van der Waals surface area contributed by atoms with Gasteiger partial charge in [-0.1, -0.05) is 42.5 Å². The van der Waals surface area contributed by atoms with Crippen molar-refractivity contribution in [2.45, 2.75) is 0 Å². The summed E-state index contributed by atoms with van der Waals surface area (Å²) in [7, 11) is 1.61. The molecular weight excluding hydrogens is 312 g/mol. The zero-order valence-corrected chi connectivity index (χ0v) is 13.7. The molecule has 0 aliphatic heterocycles. The zero-order chi connectivity index (χ0) is 17.2. The first-order valence-electron chi connectivity index (χ1n) is 7.98. The second-order valence-corrected chi connectivity index (χ2v) is 5.73. The maximum Gasteiger partial charge on any atom is 0.256 e. The van der Waals surface area contributed by atoms with E-state index in [2.05, 4.69) is 10.3 Å². The van der Waals surface area contributed by atoms with E-state index in [-0.39, 0.29) is 5.91 Å². The van der Waals surface area contributed by atoms with Crippen LogP contribution in [0.15, 0.2) is 72.9 Å². The lowest BCUT2D eigenvalue weighted by atomic mass is 10.0. The molecule has 1 amide bonds. The fourth-order valence-corrected chi connectivity index (χ4v) is 2.99. The fourth-order valence-electron chi connectivity index (χ4n) is 2.99. The molecule has 4 rings (SSSR count). The van der Waals surface area contributed by atoms with Crippen LogP contribution in [-0.2, 0) is 0 Å². The van der Waals surface area contributed by atoms with Crippen LogP contribution in [0, 0.1) is 0 Å². The smallest absolute Gasteiger partial charge is 0.256 e. The second kappa shape index (κ2) is 6.24. The number of benzene rings is 3. The lowest BCUT2D eigenvalue weighted by molar-refractivity contribution is 0.102. The van der Waals surface area contributed by atoms with Crippen LogP contribution in [0.5, 0.6) is 5.75 Å². The number of rotatable bonds is 3. The lowest BCUT2D eigenvalue weighted by Crippen LogP contribution is -2.13. The number of nitrogens with zero attached hydrogens (tertiary/aromatic N) is 1. The first-order valence-corrected chi connectivity index (χ1v) is 7.98. The molecule has 25 heavy (non-hydrogen) atoms. The van der Waals surface area contributed by atoms with Crippen molar-refractivity contribution in [3.05, 3.63) is 78.5 Å². The van der Waals surface area contributed by atoms with Gasteiger partial charge in [-0.05, 0) is 29.0 Å². The highest BCUT2D eigenvalue weighted by atomic mass is 16.5. The molecule has 1 N–H and O–H groups in total. The van der Waals surface area contributed by atoms with E-state index in [1.807, 2.05) is 60.7 Å². The molecule has 4 nitrogen and oxygen atoms in total. The normalized spacial score (nSPS) is 10.8. The molecule has 0 bridgehead atoms. The fraction of sp³-hybridized carbons (Fsp3) is 0.0476. The Kier molecular flexibility index (Phi) is 3.78. The molecule has 4 heteroatoms. The summed E-state index contributed by atoms with van der Waals surface area (Å²) in [6.45, 7) is 0. The topological polar surface area (TPSA) is 51.2 Å². The van der Waals surface area contributed by atoms with Gasteiger partial charge in [0.2, 0.25) is 0 Å². The highest BCUT2D eigenvalue weighted by Gasteiger charge is 2.13. The molecule has 0 radical (unpaired) electrons. The molecule has 0 unspecified atom stereocenters. The van der Waals surface area contributed by atoms with Crippen molar-refractivity contribution < 1.29 is 9.53 Å². The van der Waals surface area contributed by atoms with Crippen LogP contribution < -0.4 is 10.1 Å². The first-order chi connectivity index (χ1) is 12.3. The third-order valence-electron chi connectivity index (χ3n) is 4.20. The number of amides is 1. The third-order valence-corrected chi connectivity index (χ3v) is 4.20. The molecule has 0 fully saturated rings. The maximum atomic E-state index is 12.9. The molecule has 122 valence electrons. The van der Waals surface area contributed by atoms with Crippen LogP contribution >= 0.6 is 0 Å². The van der Waals surface area contributed by atoms with Gasteiger partial charge >= 0.3 is 0 Å². The van der Waals surface area contributed by atoms with Gasteiger partial charge in [0.05, 0.1) is 18.3 Å². The molecule has 0 saturated carbocycles. The monoisotopic (exact) mass is 328 g/mol. The zero-order valence-electron chi connectivity index (χ0n) is 13.7. The van der Waals surface area contributed by atoms with Crippen molar-refractivity contribution in [1.82, 2.24) is 4.98 Å². The molecular formula is C21H16N2O2. The molecule has 0 aliphatic rings. The maximum absolute atomic E-state index is 12.9. The van der Waals surface area contributed by atoms with Crippen molar-refractivity contribution in [2.24, 2.45) is 0 Å². The van der Waals surface area contributed by atoms with Gasteiger partial charge in [-0.2, -0.15) is 0 Å². The number of fused-ring (bicyclic) bond motifs is 2. The summed E-state index contributed by atoms with van der Waals surface area (Å²) >= 11 is 0. The summed E-state index contributed by atoms with van der Waals surface area (Å²) in [5.41, 5.74) is 2.00. The number of nitrogens with one attached hydrogen (secondary N) is 1. The summed E-state index contributed by atoms with van der Waals surface area (Å²) in [6, 6.07) is 21.0. The summed E-state index contributed by atoms with van der Waals surface area (Å²) in [4.78, 5) is 17.3. The Bertz CT molecular complexity index is 1080. The van der Waals surface area contributed by atoms with E-state index in [0.29, 0.717) is 17.0 Å². The minimum Gasteiger partial charge on any atom is -0.497 e. The summed E-state index contributed by atoms with van der Waals surface area (Å²) in [5, 5.41) is 5.85. The summed E-state index contributed by atoms with van der Waals surface area (Å²) in [6.07, 6.45) is 1.71. The van der Waals surface area contributed by atoms with Crippen LogP contribution in [0.1, 0.15) is 10.4 Å². The minimum absolute atomic E-state index is 0.169. The van der Waals surface area contributed by atoms with Crippen LogP contribution in [0.3, 0.4) is 0 Å². The first kappa shape index (κ1) is 15.1. The lowest BCUT2D eigenvalue weighted by Gasteiger charge is -2.11. The van der Waals surface area contributed by atoms with Gasteiger partial charge in [0.15, 0.2) is 0 Å². The highest BCUT2D eigenvalue weighted by Crippen LogP contribution is 2.28. The van der Waals surface area contributed by atoms with E-state index in [9.17, 15) is 4.79 Å². The molecule has 1 heterocycles. The molecule has 3 aromatic carbocycles. The Morgan fingerprint density at radius 2 is 1.76 bits per heavy atom. The van der Waals surface area contributed by atoms with Crippen LogP contribution in [0.4, 0.5) is 5.69 Å². The van der Waals surface area contributed by atoms with Gasteiger partial charge in [-0.25, -0.2) is 0 Å². The summed E-state index contributed by atoms with van der Waals surface area (Å²) < 4.78 is 5.34. The summed E-state index contributed by atoms with van der Waals surface area (Å²) in [5.74, 6) is 0.505. The van der Waals surface area contributed by atoms with Crippen molar-refractivity contribution in [3.63, 3.8) is 0 Å². The number of pyridine rings is 1. The van der Waals surface area contributed by atoms with Gasteiger partial charge in [0.1, 0.15) is 5.75 Å². The Balaban J connectivity index is 1.79. The number of carbonyl (C=O) groups excluding carboxylic acids is 1. The van der Waals surface area contributed by atoms with Crippen LogP contribution in [-0.4, -0.2) is 18.0 Å². The second-order valence-electron chi connectivity index (χ2n) is 5.73. The number of carbonyl (C=O) groups is 1. The van der Waals surface area contributed by atoms with Crippen molar-refractivity contribution in [3.8, 4) is 5.75 Å². The molecule has 4 aromatic rings. The molecule has 0 aliphatic carbocycles. The number of aromatic nitrogens is 1. The molecule has 0 saturated heterocycles. The van der Waals surface area contributed by atoms with E-state index >= 15 is 0 Å². The van der Waals surface area contributed by atoms with E-state index in [0.717, 1.165) is 21.7 Å². The Morgan fingerprint density at radius 1 is 0.960 bits per heavy atom. The van der Waals surface area contributed by atoms with E-state index < -0.39 is 0 Å². The molecule has 0 atom stereocenters. The number of hydrogen-bond acceptors (Lipinski definition) is 3. The predicted octanol–water partition coefficient (Wildman–Crippen LogP) is 4.65. The number of methoxy groups -OCH3 is 1. The third kappa shape index (κ3) is 2.78.